The number of sulfone groups is 1. The van der Waals surface area contributed by atoms with Gasteiger partial charge in [0.15, 0.2) is 20.9 Å². The quantitative estimate of drug-likeness (QED) is 0.594. The average molecular weight is 282 g/mol. The van der Waals surface area contributed by atoms with Crippen molar-refractivity contribution in [3.63, 3.8) is 0 Å². The minimum absolute atomic E-state index is 0.233. The lowest BCUT2D eigenvalue weighted by Gasteiger charge is -2.33. The normalized spacial score (nSPS) is 29.5. The Morgan fingerprint density at radius 3 is 2.76 bits per heavy atom. The predicted molar refractivity (Wildman–Crippen MR) is 67.0 cm³/mol. The molecule has 17 heavy (non-hydrogen) atoms. The zero-order valence-corrected chi connectivity index (χ0v) is 11.4. The minimum atomic E-state index is -3.33. The van der Waals surface area contributed by atoms with E-state index in [2.05, 4.69) is 6.58 Å². The second kappa shape index (κ2) is 6.08. The second-order valence-corrected chi connectivity index (χ2v) is 7.61. The summed E-state index contributed by atoms with van der Waals surface area (Å²) in [6, 6.07) is 0. The number of rotatable bonds is 5. The van der Waals surface area contributed by atoms with Gasteiger partial charge < -0.3 is 9.29 Å². The summed E-state index contributed by atoms with van der Waals surface area (Å²) >= 11 is -2.06. The van der Waals surface area contributed by atoms with Crippen LogP contribution in [0.15, 0.2) is 12.7 Å². The number of ether oxygens (including phenoxy) is 1. The van der Waals surface area contributed by atoms with E-state index >= 15 is 0 Å². The number of hydrogen-bond acceptors (Lipinski definition) is 4. The van der Waals surface area contributed by atoms with Gasteiger partial charge in [-0.05, 0) is 19.3 Å². The highest BCUT2D eigenvalue weighted by molar-refractivity contribution is 7.91. The fourth-order valence-corrected chi connectivity index (χ4v) is 4.26. The van der Waals surface area contributed by atoms with E-state index in [-0.39, 0.29) is 6.42 Å². The van der Waals surface area contributed by atoms with Crippen molar-refractivity contribution >= 4 is 20.9 Å². The molecule has 0 aromatic carbocycles. The third-order valence-electron chi connectivity index (χ3n) is 2.88. The third-order valence-corrected chi connectivity index (χ3v) is 5.47. The Labute approximate surface area is 104 Å². The Morgan fingerprint density at radius 1 is 1.65 bits per heavy atom. The van der Waals surface area contributed by atoms with Gasteiger partial charge in [-0.25, -0.2) is 12.6 Å². The van der Waals surface area contributed by atoms with E-state index in [9.17, 15) is 17.2 Å². The Balaban J connectivity index is 2.98. The summed E-state index contributed by atoms with van der Waals surface area (Å²) in [6.45, 7) is 3.95. The van der Waals surface area contributed by atoms with Gasteiger partial charge in [-0.15, -0.1) is 6.58 Å². The Morgan fingerprint density at radius 2 is 2.29 bits per heavy atom. The zero-order valence-electron chi connectivity index (χ0n) is 9.74. The average Bonchev–Trinajstić information content (AvgIpc) is 2.24. The number of hydrogen-bond donors (Lipinski definition) is 1. The molecule has 2 unspecified atom stereocenters. The van der Waals surface area contributed by atoms with Gasteiger partial charge in [0.1, 0.15) is 0 Å². The third kappa shape index (κ3) is 3.87. The summed E-state index contributed by atoms with van der Waals surface area (Å²) < 4.78 is 49.2. The molecule has 1 rings (SSSR count). The van der Waals surface area contributed by atoms with Crippen LogP contribution in [-0.2, 0) is 25.7 Å². The molecule has 1 aliphatic heterocycles. The molecule has 0 aliphatic carbocycles. The standard InChI is InChI=1S/C10H18O5S2/c1-3-5-9(17(2,13)14)10-8(16(11)12)6-4-7-15-10/h3,8-10H,1,4-7H2,2H3,(H,11,12)/t8-,9?,10-/m0/s1. The highest BCUT2D eigenvalue weighted by atomic mass is 32.2. The van der Waals surface area contributed by atoms with Crippen molar-refractivity contribution < 1.29 is 21.9 Å². The molecular formula is C10H18O5S2. The molecule has 7 heteroatoms. The maximum atomic E-state index is 11.7. The van der Waals surface area contributed by atoms with Crippen molar-refractivity contribution in [1.29, 1.82) is 0 Å². The Kier molecular flexibility index (Phi) is 5.30. The molecule has 0 spiro atoms. The highest BCUT2D eigenvalue weighted by Gasteiger charge is 2.40. The topological polar surface area (TPSA) is 80.7 Å². The molecule has 1 saturated heterocycles. The van der Waals surface area contributed by atoms with Gasteiger partial charge in [-0.2, -0.15) is 0 Å². The van der Waals surface area contributed by atoms with Gasteiger partial charge in [0.2, 0.25) is 0 Å². The molecule has 100 valence electrons. The lowest BCUT2D eigenvalue weighted by molar-refractivity contribution is 0.0169. The molecule has 5 nitrogen and oxygen atoms in total. The largest absolute Gasteiger partial charge is 0.376 e. The van der Waals surface area contributed by atoms with Crippen molar-refractivity contribution in [2.24, 2.45) is 0 Å². The van der Waals surface area contributed by atoms with Crippen molar-refractivity contribution in [2.75, 3.05) is 12.9 Å². The van der Waals surface area contributed by atoms with Crippen molar-refractivity contribution in [3.05, 3.63) is 12.7 Å². The Hall–Kier alpha value is -0.240. The molecule has 0 bridgehead atoms. The van der Waals surface area contributed by atoms with Crippen LogP contribution < -0.4 is 0 Å². The molecule has 0 amide bonds. The van der Waals surface area contributed by atoms with E-state index in [0.717, 1.165) is 6.26 Å². The smallest absolute Gasteiger partial charge is 0.158 e. The van der Waals surface area contributed by atoms with E-state index in [4.69, 9.17) is 4.74 Å². The van der Waals surface area contributed by atoms with Crippen LogP contribution >= 0.6 is 0 Å². The van der Waals surface area contributed by atoms with Gasteiger partial charge in [-0.1, -0.05) is 6.08 Å². The summed E-state index contributed by atoms with van der Waals surface area (Å²) in [5.74, 6) is 0. The van der Waals surface area contributed by atoms with Crippen LogP contribution in [0.3, 0.4) is 0 Å². The SMILES string of the molecule is C=CCC([C@H]1OCCC[C@@H]1S(=O)O)S(C)(=O)=O. The van der Waals surface area contributed by atoms with E-state index in [1.807, 2.05) is 0 Å². The first kappa shape index (κ1) is 14.8. The summed E-state index contributed by atoms with van der Waals surface area (Å²) in [5.41, 5.74) is 0. The van der Waals surface area contributed by atoms with Crippen LogP contribution in [0.2, 0.25) is 0 Å². The molecule has 4 atom stereocenters. The van der Waals surface area contributed by atoms with Gasteiger partial charge >= 0.3 is 0 Å². The maximum absolute atomic E-state index is 11.7. The van der Waals surface area contributed by atoms with Crippen molar-refractivity contribution in [1.82, 2.24) is 0 Å². The fraction of sp³-hybridized carbons (Fsp3) is 0.800. The first-order valence-corrected chi connectivity index (χ1v) is 8.51. The molecule has 0 aromatic rings. The van der Waals surface area contributed by atoms with E-state index in [1.54, 1.807) is 0 Å². The van der Waals surface area contributed by atoms with Crippen LogP contribution in [0, 0.1) is 0 Å². The van der Waals surface area contributed by atoms with Crippen LogP contribution in [0.25, 0.3) is 0 Å². The van der Waals surface area contributed by atoms with Gasteiger partial charge in [0.25, 0.3) is 0 Å². The predicted octanol–water partition coefficient (Wildman–Crippen LogP) is 0.745. The first-order valence-electron chi connectivity index (χ1n) is 5.39. The summed E-state index contributed by atoms with van der Waals surface area (Å²) in [7, 11) is -3.33. The van der Waals surface area contributed by atoms with E-state index in [0.29, 0.717) is 19.4 Å². The molecule has 0 radical (unpaired) electrons. The van der Waals surface area contributed by atoms with Crippen molar-refractivity contribution in [3.8, 4) is 0 Å². The maximum Gasteiger partial charge on any atom is 0.158 e. The minimum Gasteiger partial charge on any atom is -0.376 e. The molecule has 1 N–H and O–H groups in total. The van der Waals surface area contributed by atoms with Gasteiger partial charge in [0, 0.05) is 12.9 Å². The van der Waals surface area contributed by atoms with Crippen molar-refractivity contribution in [2.45, 2.75) is 35.9 Å². The van der Waals surface area contributed by atoms with Crippen LogP contribution in [0.5, 0.6) is 0 Å². The molecule has 1 heterocycles. The number of allylic oxidation sites excluding steroid dienone is 1. The second-order valence-electron chi connectivity index (χ2n) is 4.18. The molecule has 1 fully saturated rings. The monoisotopic (exact) mass is 282 g/mol. The summed E-state index contributed by atoms with van der Waals surface area (Å²) in [6.07, 6.45) is 3.33. The molecular weight excluding hydrogens is 264 g/mol. The van der Waals surface area contributed by atoms with Crippen LogP contribution in [-0.4, -0.2) is 46.6 Å². The first-order chi connectivity index (χ1) is 7.88. The zero-order chi connectivity index (χ0) is 13.1. The van der Waals surface area contributed by atoms with Crippen LogP contribution in [0.4, 0.5) is 0 Å². The fourth-order valence-electron chi connectivity index (χ4n) is 2.05. The van der Waals surface area contributed by atoms with Crippen LogP contribution in [0.1, 0.15) is 19.3 Å². The van der Waals surface area contributed by atoms with E-state index in [1.165, 1.54) is 6.08 Å². The Bertz CT molecular complexity index is 390. The van der Waals surface area contributed by atoms with Gasteiger partial charge in [-0.3, -0.25) is 0 Å². The lowest BCUT2D eigenvalue weighted by Crippen LogP contribution is -2.47. The lowest BCUT2D eigenvalue weighted by atomic mass is 10.0. The molecule has 1 aliphatic rings. The summed E-state index contributed by atoms with van der Waals surface area (Å²) in [5, 5.41) is -1.43. The van der Waals surface area contributed by atoms with Gasteiger partial charge in [0.05, 0.1) is 16.6 Å². The van der Waals surface area contributed by atoms with E-state index < -0.39 is 37.5 Å². The highest BCUT2D eigenvalue weighted by Crippen LogP contribution is 2.26. The molecule has 0 saturated carbocycles. The molecule has 0 aromatic heterocycles. The summed E-state index contributed by atoms with van der Waals surface area (Å²) in [4.78, 5) is 0.